The molecule has 0 saturated heterocycles. The van der Waals surface area contributed by atoms with E-state index in [0.29, 0.717) is 18.1 Å². The second-order valence-electron chi connectivity index (χ2n) is 4.89. The van der Waals surface area contributed by atoms with Crippen LogP contribution in [-0.4, -0.2) is 36.1 Å². The summed E-state index contributed by atoms with van der Waals surface area (Å²) in [7, 11) is 0. The highest BCUT2D eigenvalue weighted by molar-refractivity contribution is 5.96. The third kappa shape index (κ3) is 4.73. The summed E-state index contributed by atoms with van der Waals surface area (Å²) in [5.41, 5.74) is 0.419. The maximum Gasteiger partial charge on any atom is 0.325 e. The first-order chi connectivity index (χ1) is 10.2. The lowest BCUT2D eigenvalue weighted by molar-refractivity contribution is -0.141. The van der Waals surface area contributed by atoms with Gasteiger partial charge in [0.05, 0.1) is 6.61 Å². The Bertz CT molecular complexity index is 498. The Morgan fingerprint density at radius 2 is 2.14 bits per heavy atom. The molecule has 0 atom stereocenters. The third-order valence-corrected chi connectivity index (χ3v) is 3.29. The molecule has 21 heavy (non-hydrogen) atoms. The van der Waals surface area contributed by atoms with Crippen molar-refractivity contribution in [3.05, 3.63) is 23.9 Å². The molecule has 0 bridgehead atoms. The molecule has 1 aromatic rings. The quantitative estimate of drug-likeness (QED) is 0.807. The van der Waals surface area contributed by atoms with E-state index >= 15 is 0 Å². The van der Waals surface area contributed by atoms with Crippen LogP contribution in [0.15, 0.2) is 18.3 Å². The molecule has 1 fully saturated rings. The van der Waals surface area contributed by atoms with Gasteiger partial charge in [-0.2, -0.15) is 0 Å². The molecule has 1 amide bonds. The summed E-state index contributed by atoms with van der Waals surface area (Å²) >= 11 is 0. The number of carbonyl (C=O) groups excluding carboxylic acids is 2. The molecule has 0 aliphatic heterocycles. The van der Waals surface area contributed by atoms with Gasteiger partial charge in [-0.3, -0.25) is 9.59 Å². The highest BCUT2D eigenvalue weighted by atomic mass is 16.5. The van der Waals surface area contributed by atoms with Gasteiger partial charge < -0.3 is 14.8 Å². The van der Waals surface area contributed by atoms with Gasteiger partial charge in [0.15, 0.2) is 0 Å². The van der Waals surface area contributed by atoms with Crippen molar-refractivity contribution < 1.29 is 19.1 Å². The molecular formula is C15H20N2O4. The Morgan fingerprint density at radius 3 is 2.86 bits per heavy atom. The molecule has 0 radical (unpaired) electrons. The number of rotatable bonds is 6. The van der Waals surface area contributed by atoms with Gasteiger partial charge in [-0.1, -0.05) is 0 Å². The van der Waals surface area contributed by atoms with Crippen molar-refractivity contribution in [1.29, 1.82) is 0 Å². The van der Waals surface area contributed by atoms with E-state index < -0.39 is 5.97 Å². The normalized spacial score (nSPS) is 14.7. The van der Waals surface area contributed by atoms with E-state index in [1.165, 1.54) is 19.0 Å². The van der Waals surface area contributed by atoms with Gasteiger partial charge in [0.1, 0.15) is 12.6 Å². The summed E-state index contributed by atoms with van der Waals surface area (Å²) in [6.45, 7) is 1.87. The monoisotopic (exact) mass is 292 g/mol. The molecule has 114 valence electrons. The highest BCUT2D eigenvalue weighted by Gasteiger charge is 2.17. The molecule has 1 N–H and O–H groups in total. The van der Waals surface area contributed by atoms with E-state index in [-0.39, 0.29) is 18.6 Å². The number of amides is 1. The van der Waals surface area contributed by atoms with E-state index in [0.717, 1.165) is 12.8 Å². The number of nitrogens with zero attached hydrogens (tertiary/aromatic N) is 1. The number of carbonyl (C=O) groups is 2. The summed E-state index contributed by atoms with van der Waals surface area (Å²) in [5, 5.41) is 2.51. The van der Waals surface area contributed by atoms with Crippen LogP contribution in [0.3, 0.4) is 0 Å². The van der Waals surface area contributed by atoms with Crippen molar-refractivity contribution in [1.82, 2.24) is 10.3 Å². The number of nitrogens with one attached hydrogen (secondary N) is 1. The maximum absolute atomic E-state index is 11.9. The summed E-state index contributed by atoms with van der Waals surface area (Å²) in [5.74, 6) is -0.352. The zero-order valence-electron chi connectivity index (χ0n) is 12.1. The number of ether oxygens (including phenoxy) is 2. The third-order valence-electron chi connectivity index (χ3n) is 3.29. The Morgan fingerprint density at radius 1 is 1.38 bits per heavy atom. The molecule has 1 aliphatic rings. The van der Waals surface area contributed by atoms with Crippen molar-refractivity contribution in [3.8, 4) is 5.88 Å². The minimum absolute atomic E-state index is 0.145. The molecule has 1 heterocycles. The molecule has 1 saturated carbocycles. The number of hydrogen-bond donors (Lipinski definition) is 1. The van der Waals surface area contributed by atoms with E-state index in [1.54, 1.807) is 19.1 Å². The average Bonchev–Trinajstić information content (AvgIpc) is 2.98. The second-order valence-corrected chi connectivity index (χ2v) is 4.89. The van der Waals surface area contributed by atoms with Crippen LogP contribution in [0.2, 0.25) is 0 Å². The van der Waals surface area contributed by atoms with Gasteiger partial charge in [0.25, 0.3) is 5.91 Å². The Hall–Kier alpha value is -2.11. The van der Waals surface area contributed by atoms with Crippen LogP contribution in [-0.2, 0) is 9.53 Å². The summed E-state index contributed by atoms with van der Waals surface area (Å²) in [6, 6.07) is 3.18. The fraction of sp³-hybridized carbons (Fsp3) is 0.533. The van der Waals surface area contributed by atoms with Gasteiger partial charge in [0.2, 0.25) is 5.88 Å². The number of esters is 1. The van der Waals surface area contributed by atoms with E-state index in [2.05, 4.69) is 10.3 Å². The van der Waals surface area contributed by atoms with E-state index in [1.807, 2.05) is 0 Å². The molecule has 0 spiro atoms. The molecule has 0 unspecified atom stereocenters. The molecule has 1 aromatic heterocycles. The zero-order valence-corrected chi connectivity index (χ0v) is 12.1. The summed E-state index contributed by atoms with van der Waals surface area (Å²) < 4.78 is 10.5. The van der Waals surface area contributed by atoms with Crippen LogP contribution >= 0.6 is 0 Å². The standard InChI is InChI=1S/C15H20N2O4/c1-2-20-14(18)10-17-15(19)11-7-8-16-13(9-11)21-12-5-3-4-6-12/h7-9,12H,2-6,10H2,1H3,(H,17,19). The van der Waals surface area contributed by atoms with Crippen molar-refractivity contribution in [2.24, 2.45) is 0 Å². The topological polar surface area (TPSA) is 77.5 Å². The molecule has 2 rings (SSSR count). The lowest BCUT2D eigenvalue weighted by Gasteiger charge is -2.12. The lowest BCUT2D eigenvalue weighted by atomic mass is 10.2. The van der Waals surface area contributed by atoms with Gasteiger partial charge >= 0.3 is 5.97 Å². The Labute approximate surface area is 123 Å². The first kappa shape index (κ1) is 15.3. The number of hydrogen-bond acceptors (Lipinski definition) is 5. The summed E-state index contributed by atoms with van der Waals surface area (Å²) in [4.78, 5) is 27.3. The van der Waals surface area contributed by atoms with Crippen molar-refractivity contribution >= 4 is 11.9 Å². The predicted molar refractivity (Wildman–Crippen MR) is 76.1 cm³/mol. The highest BCUT2D eigenvalue weighted by Crippen LogP contribution is 2.23. The molecule has 6 nitrogen and oxygen atoms in total. The SMILES string of the molecule is CCOC(=O)CNC(=O)c1ccnc(OC2CCCC2)c1. The molecule has 6 heteroatoms. The average molecular weight is 292 g/mol. The molecule has 0 aromatic carbocycles. The first-order valence-electron chi connectivity index (χ1n) is 7.25. The van der Waals surface area contributed by atoms with Crippen LogP contribution in [0.1, 0.15) is 43.0 Å². The molecular weight excluding hydrogens is 272 g/mol. The van der Waals surface area contributed by atoms with Crippen molar-refractivity contribution in [2.45, 2.75) is 38.7 Å². The number of pyridine rings is 1. The minimum Gasteiger partial charge on any atom is -0.474 e. The molecule has 1 aliphatic carbocycles. The van der Waals surface area contributed by atoms with Crippen LogP contribution in [0.25, 0.3) is 0 Å². The van der Waals surface area contributed by atoms with Gasteiger partial charge in [-0.25, -0.2) is 4.98 Å². The van der Waals surface area contributed by atoms with Gasteiger partial charge in [0, 0.05) is 17.8 Å². The Kier molecular flexibility index (Phi) is 5.54. The number of aromatic nitrogens is 1. The largest absolute Gasteiger partial charge is 0.474 e. The maximum atomic E-state index is 11.9. The van der Waals surface area contributed by atoms with Crippen LogP contribution < -0.4 is 10.1 Å². The smallest absolute Gasteiger partial charge is 0.325 e. The Balaban J connectivity index is 1.89. The van der Waals surface area contributed by atoms with Crippen LogP contribution in [0, 0.1) is 0 Å². The zero-order chi connectivity index (χ0) is 15.1. The van der Waals surface area contributed by atoms with Crippen molar-refractivity contribution in [2.75, 3.05) is 13.2 Å². The minimum atomic E-state index is -0.456. The van der Waals surface area contributed by atoms with E-state index in [4.69, 9.17) is 9.47 Å². The summed E-state index contributed by atoms with van der Waals surface area (Å²) in [6.07, 6.45) is 6.12. The van der Waals surface area contributed by atoms with Gasteiger partial charge in [-0.05, 0) is 38.7 Å². The fourth-order valence-corrected chi connectivity index (χ4v) is 2.26. The van der Waals surface area contributed by atoms with Gasteiger partial charge in [-0.15, -0.1) is 0 Å². The first-order valence-corrected chi connectivity index (χ1v) is 7.25. The predicted octanol–water partition coefficient (Wildman–Crippen LogP) is 1.70. The second kappa shape index (κ2) is 7.61. The van der Waals surface area contributed by atoms with Crippen molar-refractivity contribution in [3.63, 3.8) is 0 Å². The lowest BCUT2D eigenvalue weighted by Crippen LogP contribution is -2.30. The van der Waals surface area contributed by atoms with E-state index in [9.17, 15) is 9.59 Å². The fourth-order valence-electron chi connectivity index (χ4n) is 2.26. The van der Waals surface area contributed by atoms with Crippen LogP contribution in [0.4, 0.5) is 0 Å². The van der Waals surface area contributed by atoms with Crippen LogP contribution in [0.5, 0.6) is 5.88 Å².